The lowest BCUT2D eigenvalue weighted by molar-refractivity contribution is -0.115. The second kappa shape index (κ2) is 4.86. The van der Waals surface area contributed by atoms with Crippen LogP contribution in [0.2, 0.25) is 0 Å². The van der Waals surface area contributed by atoms with Crippen molar-refractivity contribution in [2.24, 2.45) is 0 Å². The summed E-state index contributed by atoms with van der Waals surface area (Å²) in [6.07, 6.45) is -0.149. The third-order valence-electron chi connectivity index (χ3n) is 2.52. The lowest BCUT2D eigenvalue weighted by Gasteiger charge is -2.20. The molecule has 1 N–H and O–H groups in total. The van der Waals surface area contributed by atoms with Crippen molar-refractivity contribution in [3.05, 3.63) is 24.3 Å². The second-order valence-corrected chi connectivity index (χ2v) is 3.67. The summed E-state index contributed by atoms with van der Waals surface area (Å²) < 4.78 is 4.98. The SMILES string of the molecule is CCOC(=O)N1CCC(=O)Nc2ccccc21. The van der Waals surface area contributed by atoms with Crippen molar-refractivity contribution in [2.45, 2.75) is 13.3 Å². The van der Waals surface area contributed by atoms with Crippen LogP contribution in [0, 0.1) is 0 Å². The van der Waals surface area contributed by atoms with Gasteiger partial charge in [-0.2, -0.15) is 0 Å². The molecule has 0 spiro atoms. The molecule has 1 aliphatic rings. The lowest BCUT2D eigenvalue weighted by Crippen LogP contribution is -2.32. The number of carbonyl (C=O) groups excluding carboxylic acids is 2. The van der Waals surface area contributed by atoms with Crippen LogP contribution in [-0.2, 0) is 9.53 Å². The summed E-state index contributed by atoms with van der Waals surface area (Å²) in [7, 11) is 0. The number of hydrogen-bond acceptors (Lipinski definition) is 3. The van der Waals surface area contributed by atoms with Crippen molar-refractivity contribution in [2.75, 3.05) is 23.4 Å². The van der Waals surface area contributed by atoms with Crippen molar-refractivity contribution < 1.29 is 14.3 Å². The van der Waals surface area contributed by atoms with Gasteiger partial charge in [0.25, 0.3) is 0 Å². The number of ether oxygens (including phenoxy) is 1. The number of rotatable bonds is 1. The molecule has 2 amide bonds. The fraction of sp³-hybridized carbons (Fsp3) is 0.333. The van der Waals surface area contributed by atoms with Gasteiger partial charge in [0, 0.05) is 13.0 Å². The average Bonchev–Trinajstić information content (AvgIpc) is 2.47. The van der Waals surface area contributed by atoms with Crippen LogP contribution in [0.1, 0.15) is 13.3 Å². The third-order valence-corrected chi connectivity index (χ3v) is 2.52. The summed E-state index contributed by atoms with van der Waals surface area (Å²) in [5, 5.41) is 2.76. The van der Waals surface area contributed by atoms with E-state index < -0.39 is 6.09 Å². The molecule has 0 fully saturated rings. The summed E-state index contributed by atoms with van der Waals surface area (Å²) >= 11 is 0. The van der Waals surface area contributed by atoms with Crippen molar-refractivity contribution in [1.82, 2.24) is 0 Å². The maximum absolute atomic E-state index is 11.8. The van der Waals surface area contributed by atoms with Crippen LogP contribution in [0.25, 0.3) is 0 Å². The highest BCUT2D eigenvalue weighted by molar-refractivity contribution is 6.01. The molecule has 90 valence electrons. The van der Waals surface area contributed by atoms with Gasteiger partial charge in [0.1, 0.15) is 0 Å². The van der Waals surface area contributed by atoms with Crippen LogP contribution in [0.4, 0.5) is 16.2 Å². The molecule has 5 nitrogen and oxygen atoms in total. The first kappa shape index (κ1) is 11.4. The molecule has 1 aliphatic heterocycles. The largest absolute Gasteiger partial charge is 0.449 e. The normalized spacial score (nSPS) is 14.6. The predicted molar refractivity (Wildman–Crippen MR) is 64.1 cm³/mol. The third kappa shape index (κ3) is 2.38. The van der Waals surface area contributed by atoms with E-state index in [1.165, 1.54) is 4.90 Å². The number of hydrogen-bond donors (Lipinski definition) is 1. The highest BCUT2D eigenvalue weighted by atomic mass is 16.6. The maximum Gasteiger partial charge on any atom is 0.414 e. The van der Waals surface area contributed by atoms with E-state index in [0.29, 0.717) is 24.5 Å². The first-order valence-corrected chi connectivity index (χ1v) is 5.55. The minimum atomic E-state index is -0.420. The summed E-state index contributed by atoms with van der Waals surface area (Å²) in [5.41, 5.74) is 1.32. The van der Waals surface area contributed by atoms with Crippen molar-refractivity contribution in [3.8, 4) is 0 Å². The van der Waals surface area contributed by atoms with Crippen LogP contribution in [0.15, 0.2) is 24.3 Å². The van der Waals surface area contributed by atoms with Gasteiger partial charge < -0.3 is 10.1 Å². The van der Waals surface area contributed by atoms with Crippen LogP contribution < -0.4 is 10.2 Å². The first-order chi connectivity index (χ1) is 8.22. The zero-order valence-corrected chi connectivity index (χ0v) is 9.60. The molecule has 1 aromatic carbocycles. The van der Waals surface area contributed by atoms with Gasteiger partial charge in [0.05, 0.1) is 18.0 Å². The molecule has 0 saturated carbocycles. The molecule has 17 heavy (non-hydrogen) atoms. The van der Waals surface area contributed by atoms with E-state index in [1.807, 2.05) is 12.1 Å². The molecular formula is C12H14N2O3. The Bertz CT molecular complexity index is 445. The van der Waals surface area contributed by atoms with E-state index in [1.54, 1.807) is 19.1 Å². The number of benzene rings is 1. The van der Waals surface area contributed by atoms with E-state index >= 15 is 0 Å². The topological polar surface area (TPSA) is 58.6 Å². The quantitative estimate of drug-likeness (QED) is 0.808. The number of fused-ring (bicyclic) bond motifs is 1. The molecule has 1 aromatic rings. The smallest absolute Gasteiger partial charge is 0.414 e. The number of para-hydroxylation sites is 2. The standard InChI is InChI=1S/C12H14N2O3/c1-2-17-12(16)14-8-7-11(15)13-9-5-3-4-6-10(9)14/h3-6H,2,7-8H2,1H3,(H,13,15). The molecule has 0 aromatic heterocycles. The monoisotopic (exact) mass is 234 g/mol. The molecule has 0 radical (unpaired) electrons. The van der Waals surface area contributed by atoms with E-state index in [0.717, 1.165) is 0 Å². The summed E-state index contributed by atoms with van der Waals surface area (Å²) in [5.74, 6) is -0.0933. The Morgan fingerprint density at radius 3 is 3.00 bits per heavy atom. The van der Waals surface area contributed by atoms with Gasteiger partial charge in [-0.15, -0.1) is 0 Å². The van der Waals surface area contributed by atoms with Gasteiger partial charge >= 0.3 is 6.09 Å². The number of anilines is 2. The van der Waals surface area contributed by atoms with E-state index in [-0.39, 0.29) is 12.3 Å². The van der Waals surface area contributed by atoms with Crippen molar-refractivity contribution in [1.29, 1.82) is 0 Å². The molecular weight excluding hydrogens is 220 g/mol. The molecule has 5 heteroatoms. The summed E-state index contributed by atoms with van der Waals surface area (Å²) in [6, 6.07) is 7.19. The Hall–Kier alpha value is -2.04. The molecule has 0 saturated heterocycles. The highest BCUT2D eigenvalue weighted by Gasteiger charge is 2.24. The van der Waals surface area contributed by atoms with E-state index in [2.05, 4.69) is 5.32 Å². The van der Waals surface area contributed by atoms with E-state index in [9.17, 15) is 9.59 Å². The van der Waals surface area contributed by atoms with Gasteiger partial charge in [0.15, 0.2) is 0 Å². The maximum atomic E-state index is 11.8. The van der Waals surface area contributed by atoms with Crippen LogP contribution in [0.3, 0.4) is 0 Å². The Balaban J connectivity index is 2.34. The highest BCUT2D eigenvalue weighted by Crippen LogP contribution is 2.28. The van der Waals surface area contributed by atoms with Crippen LogP contribution >= 0.6 is 0 Å². The fourth-order valence-corrected chi connectivity index (χ4v) is 1.75. The van der Waals surface area contributed by atoms with Crippen LogP contribution in [-0.4, -0.2) is 25.2 Å². The minimum absolute atomic E-state index is 0.0933. The van der Waals surface area contributed by atoms with E-state index in [4.69, 9.17) is 4.74 Å². The van der Waals surface area contributed by atoms with Crippen molar-refractivity contribution in [3.63, 3.8) is 0 Å². The Kier molecular flexibility index (Phi) is 3.27. The molecule has 0 atom stereocenters. The predicted octanol–water partition coefficient (Wildman–Crippen LogP) is 1.99. The minimum Gasteiger partial charge on any atom is -0.449 e. The van der Waals surface area contributed by atoms with Gasteiger partial charge in [-0.25, -0.2) is 4.79 Å². The molecule has 1 heterocycles. The Morgan fingerprint density at radius 1 is 1.47 bits per heavy atom. The summed E-state index contributed by atoms with van der Waals surface area (Å²) in [4.78, 5) is 24.7. The first-order valence-electron chi connectivity index (χ1n) is 5.55. The van der Waals surface area contributed by atoms with Gasteiger partial charge in [-0.3, -0.25) is 9.69 Å². The van der Waals surface area contributed by atoms with Gasteiger partial charge in [0.2, 0.25) is 5.91 Å². The van der Waals surface area contributed by atoms with Crippen LogP contribution in [0.5, 0.6) is 0 Å². The zero-order valence-electron chi connectivity index (χ0n) is 9.60. The number of nitrogens with zero attached hydrogens (tertiary/aromatic N) is 1. The fourth-order valence-electron chi connectivity index (χ4n) is 1.75. The lowest BCUT2D eigenvalue weighted by atomic mass is 10.2. The summed E-state index contributed by atoms with van der Waals surface area (Å²) in [6.45, 7) is 2.41. The zero-order chi connectivity index (χ0) is 12.3. The molecule has 0 bridgehead atoms. The van der Waals surface area contributed by atoms with Gasteiger partial charge in [-0.1, -0.05) is 12.1 Å². The Morgan fingerprint density at radius 2 is 2.24 bits per heavy atom. The number of nitrogens with one attached hydrogen (secondary N) is 1. The Labute approximate surface area is 99.4 Å². The number of amides is 2. The average molecular weight is 234 g/mol. The molecule has 0 aliphatic carbocycles. The molecule has 0 unspecified atom stereocenters. The van der Waals surface area contributed by atoms with Crippen molar-refractivity contribution >= 4 is 23.4 Å². The molecule has 2 rings (SSSR count). The van der Waals surface area contributed by atoms with Gasteiger partial charge in [-0.05, 0) is 19.1 Å². The second-order valence-electron chi connectivity index (χ2n) is 3.67. The number of carbonyl (C=O) groups is 2.